The minimum Gasteiger partial charge on any atom is -0.447 e. The van der Waals surface area contributed by atoms with E-state index in [-0.39, 0.29) is 12.5 Å². The topological polar surface area (TPSA) is 88.2 Å². The average molecular weight is 319 g/mol. The number of hydrogen-bond acceptors (Lipinski definition) is 5. The van der Waals surface area contributed by atoms with Gasteiger partial charge in [0.05, 0.1) is 0 Å². The highest BCUT2D eigenvalue weighted by atomic mass is 16.6. The zero-order valence-electron chi connectivity index (χ0n) is 12.4. The van der Waals surface area contributed by atoms with Gasteiger partial charge >= 0.3 is 12.2 Å². The summed E-state index contributed by atoms with van der Waals surface area (Å²) in [6.07, 6.45) is -1.01. The van der Waals surface area contributed by atoms with Gasteiger partial charge in [0.1, 0.15) is 18.4 Å². The molecule has 2 aliphatic heterocycles. The van der Waals surface area contributed by atoms with Crippen LogP contribution >= 0.6 is 0 Å². The zero-order chi connectivity index (χ0) is 16.2. The van der Waals surface area contributed by atoms with Gasteiger partial charge in [-0.3, -0.25) is 4.79 Å². The molecular weight excluding hydrogens is 302 g/mol. The monoisotopic (exact) mass is 319 g/mol. The highest BCUT2D eigenvalue weighted by molar-refractivity contribution is 5.88. The molecule has 0 radical (unpaired) electrons. The number of rotatable bonds is 2. The van der Waals surface area contributed by atoms with Gasteiger partial charge in [0.15, 0.2) is 0 Å². The fraction of sp³-hybridized carbons (Fsp3) is 0.400. The van der Waals surface area contributed by atoms with E-state index in [0.29, 0.717) is 31.9 Å². The number of ether oxygens (including phenoxy) is 2. The molecule has 0 aromatic heterocycles. The van der Waals surface area contributed by atoms with Crippen molar-refractivity contribution in [3.8, 4) is 5.75 Å². The van der Waals surface area contributed by atoms with E-state index in [9.17, 15) is 14.4 Å². The van der Waals surface area contributed by atoms with Crippen LogP contribution in [0.5, 0.6) is 5.75 Å². The van der Waals surface area contributed by atoms with Crippen molar-refractivity contribution >= 4 is 18.1 Å². The Kier molecular flexibility index (Phi) is 4.31. The van der Waals surface area contributed by atoms with Crippen LogP contribution in [0.3, 0.4) is 0 Å². The van der Waals surface area contributed by atoms with Crippen LogP contribution in [-0.2, 0) is 9.53 Å². The second-order valence-electron chi connectivity index (χ2n) is 5.29. The molecule has 8 nitrogen and oxygen atoms in total. The Morgan fingerprint density at radius 1 is 1.09 bits per heavy atom. The number of carbonyl (C=O) groups excluding carboxylic acids is 3. The molecule has 1 aromatic carbocycles. The average Bonchev–Trinajstić information content (AvgIpc) is 3.02. The summed E-state index contributed by atoms with van der Waals surface area (Å²) in [5, 5.41) is 2.46. The third-order valence-electron chi connectivity index (χ3n) is 3.77. The summed E-state index contributed by atoms with van der Waals surface area (Å²) in [4.78, 5) is 38.4. The number of benzene rings is 1. The molecule has 3 rings (SSSR count). The Morgan fingerprint density at radius 2 is 1.74 bits per heavy atom. The molecule has 122 valence electrons. The summed E-state index contributed by atoms with van der Waals surface area (Å²) in [6, 6.07) is 8.20. The molecular formula is C15H17N3O5. The third-order valence-corrected chi connectivity index (χ3v) is 3.77. The van der Waals surface area contributed by atoms with E-state index in [4.69, 9.17) is 9.47 Å². The predicted molar refractivity (Wildman–Crippen MR) is 78.9 cm³/mol. The maximum Gasteiger partial charge on any atom is 0.415 e. The maximum absolute atomic E-state index is 12.2. The van der Waals surface area contributed by atoms with Gasteiger partial charge in [-0.15, -0.1) is 0 Å². The van der Waals surface area contributed by atoms with E-state index < -0.39 is 18.2 Å². The molecule has 3 amide bonds. The maximum atomic E-state index is 12.2. The minimum atomic E-state index is -0.634. The summed E-state index contributed by atoms with van der Waals surface area (Å²) in [5.74, 6) is 0.300. The Balaban J connectivity index is 1.49. The molecule has 0 bridgehead atoms. The van der Waals surface area contributed by atoms with Gasteiger partial charge in [-0.25, -0.2) is 9.59 Å². The van der Waals surface area contributed by atoms with Crippen molar-refractivity contribution in [3.05, 3.63) is 30.3 Å². The zero-order valence-corrected chi connectivity index (χ0v) is 12.4. The molecule has 1 aromatic rings. The van der Waals surface area contributed by atoms with Gasteiger partial charge in [-0.1, -0.05) is 18.2 Å². The van der Waals surface area contributed by atoms with Crippen molar-refractivity contribution in [2.24, 2.45) is 0 Å². The van der Waals surface area contributed by atoms with Crippen LogP contribution in [0.4, 0.5) is 9.59 Å². The quantitative estimate of drug-likeness (QED) is 0.854. The van der Waals surface area contributed by atoms with Crippen LogP contribution in [0.2, 0.25) is 0 Å². The fourth-order valence-corrected chi connectivity index (χ4v) is 2.50. The van der Waals surface area contributed by atoms with Crippen LogP contribution in [0.1, 0.15) is 0 Å². The summed E-state index contributed by atoms with van der Waals surface area (Å²) < 4.78 is 9.99. The number of para-hydroxylation sites is 1. The van der Waals surface area contributed by atoms with E-state index in [0.717, 1.165) is 0 Å². The van der Waals surface area contributed by atoms with Crippen molar-refractivity contribution in [2.75, 3.05) is 32.8 Å². The van der Waals surface area contributed by atoms with Gasteiger partial charge in [-0.05, 0) is 12.1 Å². The van der Waals surface area contributed by atoms with Crippen LogP contribution < -0.4 is 10.1 Å². The van der Waals surface area contributed by atoms with Crippen LogP contribution in [0.15, 0.2) is 30.3 Å². The Bertz CT molecular complexity index is 598. The summed E-state index contributed by atoms with van der Waals surface area (Å²) in [6.45, 7) is 1.62. The Hall–Kier alpha value is -2.77. The molecule has 0 unspecified atom stereocenters. The summed E-state index contributed by atoms with van der Waals surface area (Å²) in [7, 11) is 0. The Labute approximate surface area is 132 Å². The minimum absolute atomic E-state index is 0.0495. The van der Waals surface area contributed by atoms with Gasteiger partial charge in [0, 0.05) is 26.2 Å². The molecule has 8 heteroatoms. The van der Waals surface area contributed by atoms with Crippen LogP contribution in [0.25, 0.3) is 0 Å². The van der Waals surface area contributed by atoms with Crippen molar-refractivity contribution < 1.29 is 23.9 Å². The van der Waals surface area contributed by atoms with Gasteiger partial charge in [0.25, 0.3) is 0 Å². The molecule has 2 fully saturated rings. The first kappa shape index (κ1) is 15.1. The molecule has 1 atom stereocenters. The fourth-order valence-electron chi connectivity index (χ4n) is 2.50. The number of hydrogen-bond donors (Lipinski definition) is 1. The van der Waals surface area contributed by atoms with Crippen molar-refractivity contribution in [2.45, 2.75) is 6.04 Å². The molecule has 2 heterocycles. The lowest BCUT2D eigenvalue weighted by Crippen LogP contribution is -2.55. The second-order valence-corrected chi connectivity index (χ2v) is 5.29. The molecule has 23 heavy (non-hydrogen) atoms. The standard InChI is InChI=1S/C15H17N3O5/c19-13(12-10-22-14(20)16-12)17-6-8-18(9-7-17)15(21)23-11-4-2-1-3-5-11/h1-5,12H,6-10H2,(H,16,20)/t12-/m1/s1. The third kappa shape index (κ3) is 3.53. The molecule has 0 spiro atoms. The highest BCUT2D eigenvalue weighted by Crippen LogP contribution is 2.12. The van der Waals surface area contributed by atoms with E-state index in [2.05, 4.69) is 5.32 Å². The molecule has 1 N–H and O–H groups in total. The molecule has 2 aliphatic rings. The van der Waals surface area contributed by atoms with Crippen molar-refractivity contribution in [3.63, 3.8) is 0 Å². The normalized spacial score (nSPS) is 20.7. The second kappa shape index (κ2) is 6.55. The lowest BCUT2D eigenvalue weighted by molar-refractivity contribution is -0.134. The van der Waals surface area contributed by atoms with Crippen LogP contribution in [-0.4, -0.2) is 66.7 Å². The molecule has 0 aliphatic carbocycles. The number of cyclic esters (lactones) is 1. The highest BCUT2D eigenvalue weighted by Gasteiger charge is 2.34. The van der Waals surface area contributed by atoms with Crippen molar-refractivity contribution in [1.29, 1.82) is 0 Å². The first-order valence-corrected chi connectivity index (χ1v) is 7.37. The number of carbonyl (C=O) groups is 3. The van der Waals surface area contributed by atoms with E-state index in [1.165, 1.54) is 0 Å². The van der Waals surface area contributed by atoms with E-state index >= 15 is 0 Å². The summed E-state index contributed by atoms with van der Waals surface area (Å²) in [5.41, 5.74) is 0. The molecule has 0 saturated carbocycles. The SMILES string of the molecule is O=C1N[C@@H](C(=O)N2CCN(C(=O)Oc3ccccc3)CC2)CO1. The van der Waals surface area contributed by atoms with Gasteiger partial charge in [-0.2, -0.15) is 0 Å². The smallest absolute Gasteiger partial charge is 0.415 e. The number of piperazine rings is 1. The number of alkyl carbamates (subject to hydrolysis) is 1. The lowest BCUT2D eigenvalue weighted by atomic mass is 10.2. The summed E-state index contributed by atoms with van der Waals surface area (Å²) >= 11 is 0. The Morgan fingerprint density at radius 3 is 2.35 bits per heavy atom. The van der Waals surface area contributed by atoms with E-state index in [1.807, 2.05) is 6.07 Å². The van der Waals surface area contributed by atoms with Gasteiger partial charge < -0.3 is 24.6 Å². The largest absolute Gasteiger partial charge is 0.447 e. The first-order chi connectivity index (χ1) is 11.1. The number of nitrogens with one attached hydrogen (secondary N) is 1. The van der Waals surface area contributed by atoms with Crippen LogP contribution in [0, 0.1) is 0 Å². The van der Waals surface area contributed by atoms with Crippen molar-refractivity contribution in [1.82, 2.24) is 15.1 Å². The number of amides is 3. The van der Waals surface area contributed by atoms with Gasteiger partial charge in [0.2, 0.25) is 5.91 Å². The lowest BCUT2D eigenvalue weighted by Gasteiger charge is -2.34. The predicted octanol–water partition coefficient (Wildman–Crippen LogP) is 0.438. The number of nitrogens with zero attached hydrogens (tertiary/aromatic N) is 2. The van der Waals surface area contributed by atoms with E-state index in [1.54, 1.807) is 34.1 Å². The molecule has 2 saturated heterocycles. The first-order valence-electron chi connectivity index (χ1n) is 7.37.